The van der Waals surface area contributed by atoms with Gasteiger partial charge in [0.15, 0.2) is 12.4 Å². The first-order chi connectivity index (χ1) is 15.2. The first kappa shape index (κ1) is 22.0. The molecule has 1 N–H and O–H groups in total. The van der Waals surface area contributed by atoms with E-state index in [1.54, 1.807) is 12.1 Å². The Morgan fingerprint density at radius 1 is 0.969 bits per heavy atom. The average molecular weight is 427 g/mol. The molecule has 1 unspecified atom stereocenters. The molecule has 0 fully saturated rings. The smallest absolute Gasteiger partial charge is 0.180 e. The molecule has 0 amide bonds. The fourth-order valence-electron chi connectivity index (χ4n) is 4.30. The second-order valence-corrected chi connectivity index (χ2v) is 9.40. The molecule has 0 radical (unpaired) electrons. The van der Waals surface area contributed by atoms with E-state index in [2.05, 4.69) is 61.3 Å². The number of aliphatic hydroxyl groups is 1. The lowest BCUT2D eigenvalue weighted by atomic mass is 9.80. The molecule has 0 saturated carbocycles. The normalized spacial score (nSPS) is 12.9. The summed E-state index contributed by atoms with van der Waals surface area (Å²) in [5.74, 6) is 0.277. The Hall–Kier alpha value is -3.24. The SMILES string of the molecule is CC(C)c1cc(-c2cccc(CC(c3cc[n+]([O-])cc3)C(C)(C)O)c2)c2ncccc2c1. The number of fused-ring (bicyclic) bond motifs is 1. The van der Waals surface area contributed by atoms with Gasteiger partial charge in [-0.25, -0.2) is 0 Å². The van der Waals surface area contributed by atoms with Gasteiger partial charge in [-0.1, -0.05) is 44.2 Å². The van der Waals surface area contributed by atoms with Gasteiger partial charge < -0.3 is 10.3 Å². The Morgan fingerprint density at radius 3 is 2.41 bits per heavy atom. The van der Waals surface area contributed by atoms with Crippen LogP contribution in [0.25, 0.3) is 22.0 Å². The fourth-order valence-corrected chi connectivity index (χ4v) is 4.30. The quantitative estimate of drug-likeness (QED) is 0.315. The molecule has 164 valence electrons. The second-order valence-electron chi connectivity index (χ2n) is 9.40. The van der Waals surface area contributed by atoms with Crippen molar-refractivity contribution >= 4 is 10.9 Å². The summed E-state index contributed by atoms with van der Waals surface area (Å²) in [7, 11) is 0. The Bertz CT molecular complexity index is 1220. The number of benzene rings is 2. The molecule has 4 nitrogen and oxygen atoms in total. The molecule has 4 heteroatoms. The highest BCUT2D eigenvalue weighted by atomic mass is 16.5. The van der Waals surface area contributed by atoms with E-state index < -0.39 is 5.60 Å². The summed E-state index contributed by atoms with van der Waals surface area (Å²) >= 11 is 0. The van der Waals surface area contributed by atoms with E-state index in [4.69, 9.17) is 0 Å². The van der Waals surface area contributed by atoms with Crippen LogP contribution in [0, 0.1) is 5.21 Å². The summed E-state index contributed by atoms with van der Waals surface area (Å²) in [6, 6.07) is 20.6. The van der Waals surface area contributed by atoms with Gasteiger partial charge in [0.05, 0.1) is 11.1 Å². The molecule has 0 aliphatic rings. The van der Waals surface area contributed by atoms with Gasteiger partial charge in [-0.2, -0.15) is 4.73 Å². The van der Waals surface area contributed by atoms with Crippen LogP contribution in [0.3, 0.4) is 0 Å². The zero-order valence-electron chi connectivity index (χ0n) is 19.1. The molecule has 0 saturated heterocycles. The molecule has 0 bridgehead atoms. The highest BCUT2D eigenvalue weighted by Crippen LogP contribution is 2.35. The summed E-state index contributed by atoms with van der Waals surface area (Å²) in [5.41, 5.74) is 5.67. The van der Waals surface area contributed by atoms with Gasteiger partial charge in [0.1, 0.15) is 0 Å². The van der Waals surface area contributed by atoms with Crippen molar-refractivity contribution in [1.29, 1.82) is 0 Å². The predicted molar refractivity (Wildman–Crippen MR) is 129 cm³/mol. The maximum Gasteiger partial charge on any atom is 0.180 e. The van der Waals surface area contributed by atoms with Crippen molar-refractivity contribution in [3.8, 4) is 11.1 Å². The first-order valence-corrected chi connectivity index (χ1v) is 11.1. The molecule has 2 aromatic carbocycles. The molecule has 2 aromatic heterocycles. The Balaban J connectivity index is 1.76. The van der Waals surface area contributed by atoms with E-state index in [1.165, 1.54) is 18.0 Å². The zero-order chi connectivity index (χ0) is 22.9. The molecular formula is C28H30N2O2. The topological polar surface area (TPSA) is 60.1 Å². The van der Waals surface area contributed by atoms with Crippen molar-refractivity contribution in [3.05, 3.63) is 101 Å². The van der Waals surface area contributed by atoms with E-state index in [0.29, 0.717) is 12.3 Å². The number of hydrogen-bond acceptors (Lipinski definition) is 3. The largest absolute Gasteiger partial charge is 0.619 e. The summed E-state index contributed by atoms with van der Waals surface area (Å²) in [4.78, 5) is 4.67. The lowest BCUT2D eigenvalue weighted by molar-refractivity contribution is -0.605. The lowest BCUT2D eigenvalue weighted by Gasteiger charge is -2.30. The summed E-state index contributed by atoms with van der Waals surface area (Å²) in [5, 5.41) is 23.5. The van der Waals surface area contributed by atoms with Crippen LogP contribution in [0.1, 0.15) is 56.2 Å². The van der Waals surface area contributed by atoms with E-state index in [1.807, 2.05) is 26.1 Å². The van der Waals surface area contributed by atoms with E-state index in [-0.39, 0.29) is 5.92 Å². The Labute approximate surface area is 189 Å². The highest BCUT2D eigenvalue weighted by Gasteiger charge is 2.29. The molecule has 2 heterocycles. The summed E-state index contributed by atoms with van der Waals surface area (Å²) < 4.78 is 0.769. The van der Waals surface area contributed by atoms with Crippen molar-refractivity contribution in [2.45, 2.75) is 51.6 Å². The summed E-state index contributed by atoms with van der Waals surface area (Å²) in [6.07, 6.45) is 5.47. The van der Waals surface area contributed by atoms with Crippen LogP contribution >= 0.6 is 0 Å². The molecule has 0 aliphatic heterocycles. The highest BCUT2D eigenvalue weighted by molar-refractivity contribution is 5.94. The molecule has 4 aromatic rings. The van der Waals surface area contributed by atoms with Crippen LogP contribution in [0.2, 0.25) is 0 Å². The minimum atomic E-state index is -0.934. The zero-order valence-corrected chi connectivity index (χ0v) is 19.1. The van der Waals surface area contributed by atoms with Gasteiger partial charge in [-0.3, -0.25) is 4.98 Å². The minimum Gasteiger partial charge on any atom is -0.619 e. The monoisotopic (exact) mass is 426 g/mol. The van der Waals surface area contributed by atoms with Gasteiger partial charge in [-0.15, -0.1) is 0 Å². The van der Waals surface area contributed by atoms with Gasteiger partial charge in [0, 0.05) is 35.2 Å². The standard InChI is InChI=1S/C28H30N2O2/c1-19(2)24-17-23-9-6-12-29-27(23)25(18-24)22-8-5-7-20(15-22)16-26(28(3,4)31)21-10-13-30(32)14-11-21/h5-15,17-19,26,31H,16H2,1-4H3. The number of aromatic nitrogens is 2. The van der Waals surface area contributed by atoms with Crippen LogP contribution < -0.4 is 4.73 Å². The van der Waals surface area contributed by atoms with Crippen molar-refractivity contribution < 1.29 is 9.84 Å². The second kappa shape index (κ2) is 8.71. The number of hydrogen-bond donors (Lipinski definition) is 1. The predicted octanol–water partition coefficient (Wildman–Crippen LogP) is 5.76. The van der Waals surface area contributed by atoms with Crippen molar-refractivity contribution in [1.82, 2.24) is 4.98 Å². The van der Waals surface area contributed by atoms with E-state index in [9.17, 15) is 10.3 Å². The van der Waals surface area contributed by atoms with Crippen LogP contribution in [-0.2, 0) is 6.42 Å². The van der Waals surface area contributed by atoms with Gasteiger partial charge in [0.25, 0.3) is 0 Å². The molecule has 0 spiro atoms. The molecule has 4 rings (SSSR count). The van der Waals surface area contributed by atoms with Gasteiger partial charge in [0.2, 0.25) is 0 Å². The Kier molecular flexibility index (Phi) is 5.98. The van der Waals surface area contributed by atoms with Crippen molar-refractivity contribution in [2.75, 3.05) is 0 Å². The lowest BCUT2D eigenvalue weighted by Crippen LogP contribution is -2.32. The Morgan fingerprint density at radius 2 is 1.72 bits per heavy atom. The molecule has 32 heavy (non-hydrogen) atoms. The fraction of sp³-hybridized carbons (Fsp3) is 0.286. The van der Waals surface area contributed by atoms with Crippen LogP contribution in [-0.4, -0.2) is 15.7 Å². The third kappa shape index (κ3) is 4.66. The van der Waals surface area contributed by atoms with Crippen molar-refractivity contribution in [2.24, 2.45) is 0 Å². The van der Waals surface area contributed by atoms with Crippen molar-refractivity contribution in [3.63, 3.8) is 0 Å². The van der Waals surface area contributed by atoms with Crippen LogP contribution in [0.5, 0.6) is 0 Å². The first-order valence-electron chi connectivity index (χ1n) is 11.1. The van der Waals surface area contributed by atoms with E-state index >= 15 is 0 Å². The summed E-state index contributed by atoms with van der Waals surface area (Å²) in [6.45, 7) is 8.06. The number of pyridine rings is 2. The minimum absolute atomic E-state index is 0.143. The average Bonchev–Trinajstić information content (AvgIpc) is 2.77. The maximum atomic E-state index is 11.5. The molecule has 1 atom stereocenters. The van der Waals surface area contributed by atoms with E-state index in [0.717, 1.165) is 37.9 Å². The van der Waals surface area contributed by atoms with Gasteiger partial charge in [-0.05, 0) is 66.6 Å². The van der Waals surface area contributed by atoms with Gasteiger partial charge >= 0.3 is 0 Å². The maximum absolute atomic E-state index is 11.5. The number of rotatable bonds is 6. The number of nitrogens with zero attached hydrogens (tertiary/aromatic N) is 2. The van der Waals surface area contributed by atoms with Crippen LogP contribution in [0.15, 0.2) is 79.3 Å². The molecular weight excluding hydrogens is 396 g/mol. The third-order valence-electron chi connectivity index (χ3n) is 6.15. The third-order valence-corrected chi connectivity index (χ3v) is 6.15. The molecule has 0 aliphatic carbocycles. The van der Waals surface area contributed by atoms with Crippen LogP contribution in [0.4, 0.5) is 0 Å².